The lowest BCUT2D eigenvalue weighted by Gasteiger charge is -2.17. The minimum Gasteiger partial charge on any atom is -0.545 e. The number of pyridine rings is 1. The number of halogens is 1. The van der Waals surface area contributed by atoms with Crippen molar-refractivity contribution < 1.29 is 19.4 Å². The van der Waals surface area contributed by atoms with E-state index in [9.17, 15) is 14.7 Å². The van der Waals surface area contributed by atoms with Gasteiger partial charge in [0.1, 0.15) is 5.56 Å². The molecule has 0 saturated heterocycles. The standard InChI is InChI=1S/C21H19ClN2O4/c1-4-28-21(27)15-10-23-18-12(3)16(22)8-7-14(18)19(15)24-17-9-13(20(25)26)6-5-11(17)2/h5-10H,4H2,1-3H3,(H,23,24)(H,25,26)/p-1. The fraction of sp³-hybridized carbons (Fsp3) is 0.190. The van der Waals surface area contributed by atoms with E-state index in [4.69, 9.17) is 16.3 Å². The predicted octanol–water partition coefficient (Wildman–Crippen LogP) is 3.79. The number of fused-ring (bicyclic) bond motifs is 1. The highest BCUT2D eigenvalue weighted by molar-refractivity contribution is 6.32. The number of ether oxygens (including phenoxy) is 1. The van der Waals surface area contributed by atoms with Crippen LogP contribution in [0.15, 0.2) is 36.5 Å². The van der Waals surface area contributed by atoms with Gasteiger partial charge in [0.05, 0.1) is 23.8 Å². The van der Waals surface area contributed by atoms with Crippen molar-refractivity contribution in [1.29, 1.82) is 0 Å². The third-order valence-electron chi connectivity index (χ3n) is 4.45. The molecule has 0 atom stereocenters. The zero-order chi connectivity index (χ0) is 20.4. The number of hydrogen-bond acceptors (Lipinski definition) is 6. The maximum Gasteiger partial charge on any atom is 0.341 e. The highest BCUT2D eigenvalue weighted by Crippen LogP contribution is 2.34. The Morgan fingerprint density at radius 3 is 2.64 bits per heavy atom. The highest BCUT2D eigenvalue weighted by Gasteiger charge is 2.19. The van der Waals surface area contributed by atoms with E-state index < -0.39 is 11.9 Å². The maximum absolute atomic E-state index is 12.5. The first-order valence-corrected chi connectivity index (χ1v) is 9.05. The summed E-state index contributed by atoms with van der Waals surface area (Å²) in [5.41, 5.74) is 3.50. The van der Waals surface area contributed by atoms with E-state index in [1.54, 1.807) is 25.1 Å². The summed E-state index contributed by atoms with van der Waals surface area (Å²) >= 11 is 6.21. The second-order valence-corrected chi connectivity index (χ2v) is 6.69. The third kappa shape index (κ3) is 3.64. The summed E-state index contributed by atoms with van der Waals surface area (Å²) in [7, 11) is 0. The highest BCUT2D eigenvalue weighted by atomic mass is 35.5. The van der Waals surface area contributed by atoms with Gasteiger partial charge in [-0.2, -0.15) is 0 Å². The molecular formula is C21H18ClN2O4-. The molecular weight excluding hydrogens is 380 g/mol. The summed E-state index contributed by atoms with van der Waals surface area (Å²) in [6.07, 6.45) is 1.43. The van der Waals surface area contributed by atoms with Gasteiger partial charge in [0.15, 0.2) is 0 Å². The summed E-state index contributed by atoms with van der Waals surface area (Å²) in [5.74, 6) is -1.81. The summed E-state index contributed by atoms with van der Waals surface area (Å²) in [6, 6.07) is 8.10. The molecule has 0 unspecified atom stereocenters. The monoisotopic (exact) mass is 397 g/mol. The Kier molecular flexibility index (Phi) is 5.51. The Morgan fingerprint density at radius 2 is 1.96 bits per heavy atom. The Balaban J connectivity index is 2.24. The Bertz CT molecular complexity index is 1100. The van der Waals surface area contributed by atoms with Crippen molar-refractivity contribution in [3.63, 3.8) is 0 Å². The zero-order valence-electron chi connectivity index (χ0n) is 15.6. The molecule has 28 heavy (non-hydrogen) atoms. The number of esters is 1. The van der Waals surface area contributed by atoms with Crippen LogP contribution in [0.5, 0.6) is 0 Å². The molecule has 0 amide bonds. The van der Waals surface area contributed by atoms with Crippen LogP contribution in [0.3, 0.4) is 0 Å². The van der Waals surface area contributed by atoms with Crippen molar-refractivity contribution >= 4 is 45.8 Å². The van der Waals surface area contributed by atoms with Gasteiger partial charge in [-0.05, 0) is 55.7 Å². The van der Waals surface area contributed by atoms with Gasteiger partial charge < -0.3 is 20.0 Å². The molecule has 0 aliphatic rings. The van der Waals surface area contributed by atoms with E-state index in [0.717, 1.165) is 11.1 Å². The number of carbonyl (C=O) groups is 2. The molecule has 0 bridgehead atoms. The van der Waals surface area contributed by atoms with Crippen molar-refractivity contribution in [1.82, 2.24) is 4.98 Å². The molecule has 0 spiro atoms. The number of carbonyl (C=O) groups excluding carboxylic acids is 2. The summed E-state index contributed by atoms with van der Waals surface area (Å²) < 4.78 is 5.15. The fourth-order valence-corrected chi connectivity index (χ4v) is 3.05. The van der Waals surface area contributed by atoms with Crippen LogP contribution in [0.4, 0.5) is 11.4 Å². The zero-order valence-corrected chi connectivity index (χ0v) is 16.4. The maximum atomic E-state index is 12.5. The fourth-order valence-electron chi connectivity index (χ4n) is 2.90. The number of carboxylic acids is 1. The smallest absolute Gasteiger partial charge is 0.341 e. The number of carboxylic acid groups (broad SMARTS) is 1. The van der Waals surface area contributed by atoms with Crippen LogP contribution >= 0.6 is 11.6 Å². The van der Waals surface area contributed by atoms with Crippen molar-refractivity contribution in [2.45, 2.75) is 20.8 Å². The van der Waals surface area contributed by atoms with Gasteiger partial charge in [0.2, 0.25) is 0 Å². The van der Waals surface area contributed by atoms with Gasteiger partial charge in [-0.3, -0.25) is 4.98 Å². The van der Waals surface area contributed by atoms with Crippen LogP contribution in [0.2, 0.25) is 5.02 Å². The van der Waals surface area contributed by atoms with Crippen LogP contribution in [0.1, 0.15) is 38.8 Å². The quantitative estimate of drug-likeness (QED) is 0.658. The average molecular weight is 398 g/mol. The molecule has 2 aromatic carbocycles. The van der Waals surface area contributed by atoms with E-state index in [-0.39, 0.29) is 17.7 Å². The molecule has 3 rings (SSSR count). The Hall–Kier alpha value is -3.12. The van der Waals surface area contributed by atoms with Crippen LogP contribution < -0.4 is 10.4 Å². The normalized spacial score (nSPS) is 10.7. The predicted molar refractivity (Wildman–Crippen MR) is 106 cm³/mol. The minimum absolute atomic E-state index is 0.0309. The van der Waals surface area contributed by atoms with Gasteiger partial charge >= 0.3 is 5.97 Å². The first kappa shape index (κ1) is 19.6. The average Bonchev–Trinajstić information content (AvgIpc) is 2.66. The summed E-state index contributed by atoms with van der Waals surface area (Å²) in [6.45, 7) is 5.61. The van der Waals surface area contributed by atoms with Gasteiger partial charge in [0, 0.05) is 22.3 Å². The van der Waals surface area contributed by atoms with Crippen LogP contribution in [0.25, 0.3) is 10.9 Å². The first-order chi connectivity index (χ1) is 13.3. The van der Waals surface area contributed by atoms with Gasteiger partial charge in [-0.15, -0.1) is 0 Å². The molecule has 1 aromatic heterocycles. The minimum atomic E-state index is -1.28. The number of rotatable bonds is 5. The van der Waals surface area contributed by atoms with Gasteiger partial charge in [0.25, 0.3) is 0 Å². The van der Waals surface area contributed by atoms with Crippen LogP contribution in [-0.2, 0) is 4.74 Å². The van der Waals surface area contributed by atoms with E-state index >= 15 is 0 Å². The largest absolute Gasteiger partial charge is 0.545 e. The van der Waals surface area contributed by atoms with Gasteiger partial charge in [-0.25, -0.2) is 4.79 Å². The van der Waals surface area contributed by atoms with E-state index in [1.165, 1.54) is 18.3 Å². The first-order valence-electron chi connectivity index (χ1n) is 8.67. The molecule has 0 saturated carbocycles. The number of aryl methyl sites for hydroxylation is 2. The lowest BCUT2D eigenvalue weighted by atomic mass is 10.0. The molecule has 1 N–H and O–H groups in total. The second kappa shape index (κ2) is 7.86. The number of aromatic carboxylic acids is 1. The van der Waals surface area contributed by atoms with Crippen molar-refractivity contribution in [3.05, 3.63) is 63.8 Å². The SMILES string of the molecule is CCOC(=O)c1cnc2c(C)c(Cl)ccc2c1Nc1cc(C(=O)[O-])ccc1C. The van der Waals surface area contributed by atoms with Crippen LogP contribution in [0, 0.1) is 13.8 Å². The molecule has 6 nitrogen and oxygen atoms in total. The molecule has 3 aromatic rings. The van der Waals surface area contributed by atoms with E-state index in [1.807, 2.05) is 13.8 Å². The van der Waals surface area contributed by atoms with E-state index in [2.05, 4.69) is 10.3 Å². The Morgan fingerprint density at radius 1 is 1.21 bits per heavy atom. The van der Waals surface area contributed by atoms with Crippen molar-refractivity contribution in [2.24, 2.45) is 0 Å². The molecule has 144 valence electrons. The topological polar surface area (TPSA) is 91.3 Å². The summed E-state index contributed by atoms with van der Waals surface area (Å²) in [5, 5.41) is 15.7. The Labute approximate surface area is 167 Å². The molecule has 0 radical (unpaired) electrons. The molecule has 0 fully saturated rings. The number of aromatic nitrogens is 1. The number of anilines is 2. The van der Waals surface area contributed by atoms with Crippen LogP contribution in [-0.4, -0.2) is 23.5 Å². The number of nitrogens with zero attached hydrogens (tertiary/aromatic N) is 1. The molecule has 0 aliphatic heterocycles. The molecule has 1 heterocycles. The lowest BCUT2D eigenvalue weighted by Crippen LogP contribution is -2.22. The van der Waals surface area contributed by atoms with Gasteiger partial charge in [-0.1, -0.05) is 23.7 Å². The third-order valence-corrected chi connectivity index (χ3v) is 4.86. The second-order valence-electron chi connectivity index (χ2n) is 6.28. The molecule has 0 aliphatic carbocycles. The number of nitrogens with one attached hydrogen (secondary N) is 1. The molecule has 7 heteroatoms. The number of benzene rings is 2. The lowest BCUT2D eigenvalue weighted by molar-refractivity contribution is -0.255. The van der Waals surface area contributed by atoms with E-state index in [0.29, 0.717) is 27.3 Å². The van der Waals surface area contributed by atoms with Crippen molar-refractivity contribution in [2.75, 3.05) is 11.9 Å². The number of hydrogen-bond donors (Lipinski definition) is 1. The summed E-state index contributed by atoms with van der Waals surface area (Å²) in [4.78, 5) is 28.1. The van der Waals surface area contributed by atoms with Crippen molar-refractivity contribution in [3.8, 4) is 0 Å².